The van der Waals surface area contributed by atoms with Gasteiger partial charge in [0.25, 0.3) is 5.91 Å². The largest absolute Gasteiger partial charge is 0.381 e. The lowest BCUT2D eigenvalue weighted by atomic mass is 10.0. The Kier molecular flexibility index (Phi) is 5.50. The summed E-state index contributed by atoms with van der Waals surface area (Å²) in [5.41, 5.74) is 3.42. The van der Waals surface area contributed by atoms with E-state index in [9.17, 15) is 4.79 Å². The molecule has 4 rings (SSSR count). The molecular weight excluding hydrogens is 344 g/mol. The molecule has 7 nitrogen and oxygen atoms in total. The second-order valence-corrected chi connectivity index (χ2v) is 7.30. The standard InChI is InChI=1S/C20H26N4O3/c1-14-3-2-4-17(22-14)20(25)21-11-18-19-16(7-10-27-18)13-24(23-19)12-15-5-8-26-9-6-15/h2-4,13,15,18H,5-12H2,1H3,(H,21,25)/t18-/m0/s1. The van der Waals surface area contributed by atoms with E-state index < -0.39 is 0 Å². The minimum absolute atomic E-state index is 0.184. The summed E-state index contributed by atoms with van der Waals surface area (Å²) in [6.07, 6.45) is 4.98. The van der Waals surface area contributed by atoms with Gasteiger partial charge in [0.05, 0.1) is 12.3 Å². The van der Waals surface area contributed by atoms with Gasteiger partial charge in [0.2, 0.25) is 0 Å². The van der Waals surface area contributed by atoms with Crippen molar-refractivity contribution in [1.29, 1.82) is 0 Å². The van der Waals surface area contributed by atoms with E-state index in [-0.39, 0.29) is 12.0 Å². The summed E-state index contributed by atoms with van der Waals surface area (Å²) < 4.78 is 13.4. The molecule has 2 aromatic heterocycles. The number of fused-ring (bicyclic) bond motifs is 1. The summed E-state index contributed by atoms with van der Waals surface area (Å²) in [6, 6.07) is 5.43. The third-order valence-corrected chi connectivity index (χ3v) is 5.22. The molecule has 0 saturated carbocycles. The molecule has 1 amide bonds. The van der Waals surface area contributed by atoms with Gasteiger partial charge >= 0.3 is 0 Å². The minimum atomic E-state index is -0.210. The molecule has 1 saturated heterocycles. The smallest absolute Gasteiger partial charge is 0.269 e. The maximum atomic E-state index is 12.4. The molecule has 0 radical (unpaired) electrons. The first-order valence-corrected chi connectivity index (χ1v) is 9.66. The Hall–Kier alpha value is -2.25. The number of hydrogen-bond acceptors (Lipinski definition) is 5. The van der Waals surface area contributed by atoms with Crippen molar-refractivity contribution >= 4 is 5.91 Å². The average Bonchev–Trinajstić information content (AvgIpc) is 3.10. The van der Waals surface area contributed by atoms with Crippen LogP contribution in [0.5, 0.6) is 0 Å². The van der Waals surface area contributed by atoms with E-state index in [1.807, 2.05) is 23.7 Å². The minimum Gasteiger partial charge on any atom is -0.381 e. The van der Waals surface area contributed by atoms with Gasteiger partial charge in [-0.3, -0.25) is 9.48 Å². The second-order valence-electron chi connectivity index (χ2n) is 7.30. The topological polar surface area (TPSA) is 78.3 Å². The molecule has 0 aliphatic carbocycles. The quantitative estimate of drug-likeness (QED) is 0.872. The zero-order chi connectivity index (χ0) is 18.6. The maximum absolute atomic E-state index is 12.4. The van der Waals surface area contributed by atoms with Gasteiger partial charge in [-0.2, -0.15) is 5.10 Å². The van der Waals surface area contributed by atoms with Crippen LogP contribution < -0.4 is 5.32 Å². The maximum Gasteiger partial charge on any atom is 0.269 e. The van der Waals surface area contributed by atoms with Crippen LogP contribution >= 0.6 is 0 Å². The first-order valence-electron chi connectivity index (χ1n) is 9.66. The Labute approximate surface area is 159 Å². The lowest BCUT2D eigenvalue weighted by Crippen LogP contribution is -2.32. The third kappa shape index (κ3) is 4.36. The molecule has 7 heteroatoms. The van der Waals surface area contributed by atoms with Crippen molar-refractivity contribution in [3.63, 3.8) is 0 Å². The Morgan fingerprint density at radius 2 is 2.15 bits per heavy atom. The van der Waals surface area contributed by atoms with Crippen LogP contribution in [0.3, 0.4) is 0 Å². The number of pyridine rings is 1. The Morgan fingerprint density at radius 1 is 1.30 bits per heavy atom. The van der Waals surface area contributed by atoms with Crippen molar-refractivity contribution in [2.75, 3.05) is 26.4 Å². The number of ether oxygens (including phenoxy) is 2. The monoisotopic (exact) mass is 370 g/mol. The third-order valence-electron chi connectivity index (χ3n) is 5.22. The van der Waals surface area contributed by atoms with E-state index in [4.69, 9.17) is 14.6 Å². The molecule has 2 aliphatic heterocycles. The SMILES string of the molecule is Cc1cccc(C(=O)NC[C@@H]2OCCc3cn(CC4CCOCC4)nc32)n1. The summed E-state index contributed by atoms with van der Waals surface area (Å²) >= 11 is 0. The molecule has 1 fully saturated rings. The van der Waals surface area contributed by atoms with Gasteiger partial charge in [0.1, 0.15) is 11.8 Å². The van der Waals surface area contributed by atoms with Gasteiger partial charge < -0.3 is 14.8 Å². The zero-order valence-electron chi connectivity index (χ0n) is 15.7. The second kappa shape index (κ2) is 8.19. The predicted molar refractivity (Wildman–Crippen MR) is 99.5 cm³/mol. The molecule has 27 heavy (non-hydrogen) atoms. The molecule has 0 spiro atoms. The van der Waals surface area contributed by atoms with Crippen molar-refractivity contribution in [1.82, 2.24) is 20.1 Å². The van der Waals surface area contributed by atoms with Gasteiger partial charge in [0.15, 0.2) is 0 Å². The van der Waals surface area contributed by atoms with Crippen molar-refractivity contribution in [3.8, 4) is 0 Å². The number of rotatable bonds is 5. The molecular formula is C20H26N4O3. The van der Waals surface area contributed by atoms with Gasteiger partial charge in [-0.15, -0.1) is 0 Å². The molecule has 2 aliphatic rings. The fourth-order valence-corrected chi connectivity index (χ4v) is 3.72. The molecule has 2 aromatic rings. The number of amides is 1. The Bertz CT molecular complexity index is 798. The van der Waals surface area contributed by atoms with E-state index in [1.165, 1.54) is 5.56 Å². The molecule has 4 heterocycles. The number of nitrogens with zero attached hydrogens (tertiary/aromatic N) is 3. The van der Waals surface area contributed by atoms with E-state index in [0.717, 1.165) is 50.4 Å². The summed E-state index contributed by atoms with van der Waals surface area (Å²) in [7, 11) is 0. The fourth-order valence-electron chi connectivity index (χ4n) is 3.72. The number of carbonyl (C=O) groups excluding carboxylic acids is 1. The van der Waals surface area contributed by atoms with Crippen molar-refractivity contribution in [2.45, 2.75) is 38.8 Å². The Balaban J connectivity index is 1.39. The summed E-state index contributed by atoms with van der Waals surface area (Å²) in [6.45, 7) is 5.53. The first-order chi connectivity index (χ1) is 13.2. The highest BCUT2D eigenvalue weighted by atomic mass is 16.5. The van der Waals surface area contributed by atoms with Crippen LogP contribution in [-0.2, 0) is 22.4 Å². The summed E-state index contributed by atoms with van der Waals surface area (Å²) in [4.78, 5) is 16.6. The summed E-state index contributed by atoms with van der Waals surface area (Å²) in [5.74, 6) is 0.433. The highest BCUT2D eigenvalue weighted by Gasteiger charge is 2.26. The number of nitrogens with one attached hydrogen (secondary N) is 1. The predicted octanol–water partition coefficient (Wildman–Crippen LogP) is 2.06. The van der Waals surface area contributed by atoms with Crippen LogP contribution in [0.25, 0.3) is 0 Å². The number of carbonyl (C=O) groups is 1. The molecule has 1 atom stereocenters. The number of aromatic nitrogens is 3. The van der Waals surface area contributed by atoms with Crippen molar-refractivity contribution in [3.05, 3.63) is 47.0 Å². The lowest BCUT2D eigenvalue weighted by molar-refractivity contribution is 0.0378. The van der Waals surface area contributed by atoms with Crippen LogP contribution in [0.15, 0.2) is 24.4 Å². The highest BCUT2D eigenvalue weighted by molar-refractivity contribution is 5.92. The molecule has 1 N–H and O–H groups in total. The van der Waals surface area contributed by atoms with E-state index in [0.29, 0.717) is 24.8 Å². The van der Waals surface area contributed by atoms with Crippen LogP contribution in [0.2, 0.25) is 0 Å². The average molecular weight is 370 g/mol. The van der Waals surface area contributed by atoms with Gasteiger partial charge in [0, 0.05) is 38.2 Å². The fraction of sp³-hybridized carbons (Fsp3) is 0.550. The number of hydrogen-bond donors (Lipinski definition) is 1. The van der Waals surface area contributed by atoms with Crippen molar-refractivity contribution in [2.24, 2.45) is 5.92 Å². The Morgan fingerprint density at radius 3 is 2.96 bits per heavy atom. The summed E-state index contributed by atoms with van der Waals surface area (Å²) in [5, 5.41) is 7.71. The molecule has 0 aromatic carbocycles. The molecule has 0 unspecified atom stereocenters. The number of aryl methyl sites for hydroxylation is 1. The highest BCUT2D eigenvalue weighted by Crippen LogP contribution is 2.26. The van der Waals surface area contributed by atoms with Gasteiger partial charge in [-0.25, -0.2) is 4.98 Å². The van der Waals surface area contributed by atoms with E-state index in [2.05, 4.69) is 16.5 Å². The normalized spacial score (nSPS) is 20.3. The van der Waals surface area contributed by atoms with Crippen LogP contribution in [0.1, 0.15) is 46.4 Å². The first kappa shape index (κ1) is 18.1. The van der Waals surface area contributed by atoms with Crippen LogP contribution in [0.4, 0.5) is 0 Å². The molecule has 0 bridgehead atoms. The van der Waals surface area contributed by atoms with Gasteiger partial charge in [-0.1, -0.05) is 6.07 Å². The van der Waals surface area contributed by atoms with Crippen molar-refractivity contribution < 1.29 is 14.3 Å². The van der Waals surface area contributed by atoms with Crippen LogP contribution in [-0.4, -0.2) is 47.0 Å². The lowest BCUT2D eigenvalue weighted by Gasteiger charge is -2.22. The van der Waals surface area contributed by atoms with E-state index >= 15 is 0 Å². The van der Waals surface area contributed by atoms with E-state index in [1.54, 1.807) is 6.07 Å². The zero-order valence-corrected chi connectivity index (χ0v) is 15.7. The van der Waals surface area contributed by atoms with Gasteiger partial charge in [-0.05, 0) is 49.8 Å². The van der Waals surface area contributed by atoms with Crippen LogP contribution in [0, 0.1) is 12.8 Å². The molecule has 144 valence electrons.